The smallest absolute Gasteiger partial charge is 0.486 e. The van der Waals surface area contributed by atoms with Crippen LogP contribution in [0.15, 0.2) is 54.9 Å². The van der Waals surface area contributed by atoms with Gasteiger partial charge in [0.2, 0.25) is 0 Å². The van der Waals surface area contributed by atoms with Crippen molar-refractivity contribution in [2.24, 2.45) is 7.05 Å². The monoisotopic (exact) mass is 640 g/mol. The molecule has 0 bridgehead atoms. The molecule has 10 nitrogen and oxygen atoms in total. The summed E-state index contributed by atoms with van der Waals surface area (Å²) in [5.74, 6) is -1.03. The van der Waals surface area contributed by atoms with Gasteiger partial charge in [-0.15, -0.1) is 0 Å². The first-order chi connectivity index (χ1) is 21.3. The summed E-state index contributed by atoms with van der Waals surface area (Å²) in [7, 11) is -4.20. The number of carbonyl (C=O) groups excluding carboxylic acids is 2. The lowest BCUT2D eigenvalue weighted by Gasteiger charge is -2.44. The van der Waals surface area contributed by atoms with Gasteiger partial charge in [0.25, 0.3) is 5.91 Å². The van der Waals surface area contributed by atoms with E-state index in [0.717, 1.165) is 11.1 Å². The van der Waals surface area contributed by atoms with E-state index in [0.29, 0.717) is 37.0 Å². The van der Waals surface area contributed by atoms with Gasteiger partial charge in [0.05, 0.1) is 23.7 Å². The SMILES string of the molecule is Cn1cc(-c2ccc3c(c2)C(=O)CC2(CCN(C(=O)c4nc5ccccc5c(OS(=O)(=O)C(F)(F)F)c4C4CC4)CC2)O3)cn1. The summed E-state index contributed by atoms with van der Waals surface area (Å²) in [6, 6.07) is 11.5. The predicted molar refractivity (Wildman–Crippen MR) is 155 cm³/mol. The third-order valence-electron chi connectivity index (χ3n) is 8.63. The molecule has 45 heavy (non-hydrogen) atoms. The maximum Gasteiger partial charge on any atom is 0.534 e. The Labute approximate surface area is 255 Å². The van der Waals surface area contributed by atoms with Crippen LogP contribution in [0.3, 0.4) is 0 Å². The van der Waals surface area contributed by atoms with Crippen LogP contribution < -0.4 is 8.92 Å². The number of ether oxygens (including phenoxy) is 1. The van der Waals surface area contributed by atoms with Gasteiger partial charge in [-0.25, -0.2) is 4.98 Å². The minimum Gasteiger partial charge on any atom is -0.486 e. The van der Waals surface area contributed by atoms with Gasteiger partial charge in [-0.1, -0.05) is 18.2 Å². The number of piperidine rings is 1. The van der Waals surface area contributed by atoms with Crippen molar-refractivity contribution in [1.82, 2.24) is 19.7 Å². The zero-order valence-corrected chi connectivity index (χ0v) is 24.8. The molecule has 4 aromatic rings. The number of nitrogens with zero attached hydrogens (tertiary/aromatic N) is 4. The minimum atomic E-state index is -6.01. The summed E-state index contributed by atoms with van der Waals surface area (Å²) >= 11 is 0. The average molecular weight is 641 g/mol. The number of alkyl halides is 3. The Morgan fingerprint density at radius 2 is 1.82 bits per heavy atom. The normalized spacial score (nSPS) is 18.1. The summed E-state index contributed by atoms with van der Waals surface area (Å²) < 4.78 is 77.1. The number of carbonyl (C=O) groups is 2. The highest BCUT2D eigenvalue weighted by Crippen LogP contribution is 2.49. The maximum absolute atomic E-state index is 13.9. The molecule has 4 heterocycles. The van der Waals surface area contributed by atoms with Crippen LogP contribution in [-0.2, 0) is 17.2 Å². The van der Waals surface area contributed by atoms with Crippen LogP contribution in [0.1, 0.15) is 64.4 Å². The first kappa shape index (κ1) is 29.3. The van der Waals surface area contributed by atoms with Crippen molar-refractivity contribution in [2.75, 3.05) is 13.1 Å². The number of pyridine rings is 1. The number of fused-ring (bicyclic) bond motifs is 2. The Bertz CT molecular complexity index is 1980. The molecule has 1 spiro atoms. The van der Waals surface area contributed by atoms with Crippen LogP contribution in [0.5, 0.6) is 11.5 Å². The van der Waals surface area contributed by atoms with E-state index in [4.69, 9.17) is 8.92 Å². The van der Waals surface area contributed by atoms with Gasteiger partial charge in [0, 0.05) is 55.7 Å². The van der Waals surface area contributed by atoms with Crippen LogP contribution in [0.4, 0.5) is 13.2 Å². The van der Waals surface area contributed by atoms with E-state index >= 15 is 0 Å². The van der Waals surface area contributed by atoms with Crippen LogP contribution in [-0.4, -0.2) is 64.0 Å². The second kappa shape index (κ2) is 10.3. The van der Waals surface area contributed by atoms with Gasteiger partial charge < -0.3 is 13.8 Å². The third kappa shape index (κ3) is 5.20. The number of halogens is 3. The lowest BCUT2D eigenvalue weighted by Crippen LogP contribution is -2.52. The van der Waals surface area contributed by atoms with E-state index < -0.39 is 32.9 Å². The Morgan fingerprint density at radius 1 is 1.09 bits per heavy atom. The summed E-state index contributed by atoms with van der Waals surface area (Å²) in [5.41, 5.74) is -4.20. The summed E-state index contributed by atoms with van der Waals surface area (Å²) in [5, 5.41) is 4.25. The molecule has 1 amide bonds. The number of para-hydroxylation sites is 1. The number of aryl methyl sites for hydroxylation is 1. The molecule has 0 radical (unpaired) electrons. The average Bonchev–Trinajstić information content (AvgIpc) is 3.74. The fourth-order valence-electron chi connectivity index (χ4n) is 6.15. The Kier molecular flexibility index (Phi) is 6.69. The van der Waals surface area contributed by atoms with Crippen LogP contribution in [0.25, 0.3) is 22.0 Å². The number of amides is 1. The van der Waals surface area contributed by atoms with Crippen LogP contribution in [0, 0.1) is 0 Å². The molecule has 14 heteroatoms. The second-order valence-electron chi connectivity index (χ2n) is 11.8. The van der Waals surface area contributed by atoms with Crippen LogP contribution in [0.2, 0.25) is 0 Å². The van der Waals surface area contributed by atoms with Crippen molar-refractivity contribution in [2.45, 2.75) is 49.1 Å². The Morgan fingerprint density at radius 3 is 2.49 bits per heavy atom. The van der Waals surface area contributed by atoms with Crippen molar-refractivity contribution >= 4 is 32.7 Å². The molecule has 1 saturated carbocycles. The van der Waals surface area contributed by atoms with Gasteiger partial charge >= 0.3 is 15.6 Å². The largest absolute Gasteiger partial charge is 0.534 e. The Hall–Kier alpha value is -4.46. The van der Waals surface area contributed by atoms with E-state index in [9.17, 15) is 31.2 Å². The van der Waals surface area contributed by atoms with Crippen molar-refractivity contribution < 1.29 is 40.1 Å². The lowest BCUT2D eigenvalue weighted by molar-refractivity contribution is -0.0499. The topological polar surface area (TPSA) is 121 Å². The molecule has 7 rings (SSSR count). The highest BCUT2D eigenvalue weighted by atomic mass is 32.2. The molecular formula is C31H27F3N4O6S. The summed E-state index contributed by atoms with van der Waals surface area (Å²) in [6.07, 6.45) is 5.47. The first-order valence-electron chi connectivity index (χ1n) is 14.4. The summed E-state index contributed by atoms with van der Waals surface area (Å²) in [4.78, 5) is 33.3. The van der Waals surface area contributed by atoms with E-state index in [2.05, 4.69) is 10.1 Å². The number of rotatable bonds is 5. The highest BCUT2D eigenvalue weighted by Gasteiger charge is 2.50. The quantitative estimate of drug-likeness (QED) is 0.211. The predicted octanol–water partition coefficient (Wildman–Crippen LogP) is 5.38. The number of aromatic nitrogens is 3. The first-order valence-corrected chi connectivity index (χ1v) is 15.8. The van der Waals surface area contributed by atoms with Crippen LogP contribution >= 0.6 is 0 Å². The molecular weight excluding hydrogens is 613 g/mol. The van der Waals surface area contributed by atoms with Crippen molar-refractivity contribution in [1.29, 1.82) is 0 Å². The molecule has 0 N–H and O–H groups in total. The number of hydrogen-bond donors (Lipinski definition) is 0. The lowest BCUT2D eigenvalue weighted by atomic mass is 9.82. The zero-order chi connectivity index (χ0) is 31.7. The maximum atomic E-state index is 13.9. The number of likely N-dealkylation sites (tertiary alicyclic amines) is 1. The molecule has 234 valence electrons. The number of Topliss-reactive ketones (excluding diaryl/α,β-unsaturated/α-hetero) is 1. The molecule has 2 aromatic heterocycles. The van der Waals surface area contributed by atoms with Crippen molar-refractivity contribution in [3.63, 3.8) is 0 Å². The fourth-order valence-corrected chi connectivity index (χ4v) is 6.64. The fraction of sp³-hybridized carbons (Fsp3) is 0.355. The van der Waals surface area contributed by atoms with Crippen molar-refractivity contribution in [3.8, 4) is 22.6 Å². The molecule has 2 aliphatic heterocycles. The zero-order valence-electron chi connectivity index (χ0n) is 24.0. The number of hydrogen-bond acceptors (Lipinski definition) is 8. The molecule has 1 aliphatic carbocycles. The van der Waals surface area contributed by atoms with Gasteiger partial charge in [-0.3, -0.25) is 14.3 Å². The highest BCUT2D eigenvalue weighted by molar-refractivity contribution is 7.88. The van der Waals surface area contributed by atoms with Gasteiger partial charge in [0.1, 0.15) is 17.0 Å². The molecule has 0 unspecified atom stereocenters. The standard InChI is InChI=1S/C31H27F3N4O6S/c1-37-17-20(16-35-37)19-8-9-25-22(14-19)24(39)15-30(43-25)10-12-38(13-11-30)29(40)27-26(18-6-7-18)28(44-45(41,42)31(32,33)34)21-4-2-3-5-23(21)36-27/h2-5,8-9,14,16-18H,6-7,10-13,15H2,1H3. The van der Waals surface area contributed by atoms with E-state index in [1.54, 1.807) is 29.1 Å². The molecule has 2 fully saturated rings. The minimum absolute atomic E-state index is 0.0641. The van der Waals surface area contributed by atoms with E-state index in [-0.39, 0.29) is 53.4 Å². The number of benzene rings is 2. The van der Waals surface area contributed by atoms with Gasteiger partial charge in [0.15, 0.2) is 11.5 Å². The van der Waals surface area contributed by atoms with E-state index in [1.807, 2.05) is 19.3 Å². The second-order valence-corrected chi connectivity index (χ2v) is 13.3. The molecule has 3 aliphatic rings. The summed E-state index contributed by atoms with van der Waals surface area (Å²) in [6.45, 7) is 0.399. The number of ketones is 1. The molecule has 1 saturated heterocycles. The van der Waals surface area contributed by atoms with Crippen molar-refractivity contribution in [3.05, 3.63) is 71.7 Å². The third-order valence-corrected chi connectivity index (χ3v) is 9.59. The van der Waals surface area contributed by atoms with E-state index in [1.165, 1.54) is 23.1 Å². The van der Waals surface area contributed by atoms with Gasteiger partial charge in [-0.2, -0.15) is 26.7 Å². The van der Waals surface area contributed by atoms with Gasteiger partial charge in [-0.05, 0) is 48.6 Å². The Balaban J connectivity index is 1.16. The molecule has 2 aromatic carbocycles. The molecule has 0 atom stereocenters.